The summed E-state index contributed by atoms with van der Waals surface area (Å²) in [6.07, 6.45) is 24.0. The topological polar surface area (TPSA) is 82.0 Å². The molecule has 4 N–H and O–H groups in total. The molecular formula is C31H53NO4. The molecule has 36 heavy (non-hydrogen) atoms. The Morgan fingerprint density at radius 1 is 1.19 bits per heavy atom. The molecule has 5 nitrogen and oxygen atoms in total. The first-order valence-corrected chi connectivity index (χ1v) is 14.3. The van der Waals surface area contributed by atoms with E-state index in [4.69, 9.17) is 4.74 Å². The van der Waals surface area contributed by atoms with E-state index in [0.29, 0.717) is 12.8 Å². The molecular weight excluding hydrogens is 450 g/mol. The van der Waals surface area contributed by atoms with Crippen LogP contribution in [0.5, 0.6) is 0 Å². The monoisotopic (exact) mass is 503 g/mol. The van der Waals surface area contributed by atoms with E-state index in [0.717, 1.165) is 51.5 Å². The Morgan fingerprint density at radius 2 is 1.94 bits per heavy atom. The van der Waals surface area contributed by atoms with Crippen molar-refractivity contribution in [3.63, 3.8) is 0 Å². The number of hydrogen-bond acceptors (Lipinski definition) is 5. The van der Waals surface area contributed by atoms with E-state index >= 15 is 0 Å². The van der Waals surface area contributed by atoms with Crippen LogP contribution in [0.3, 0.4) is 0 Å². The minimum Gasteiger partial charge on any atom is -0.393 e. The van der Waals surface area contributed by atoms with Gasteiger partial charge in [-0.2, -0.15) is 0 Å². The maximum absolute atomic E-state index is 10.7. The lowest BCUT2D eigenvalue weighted by Crippen LogP contribution is -2.43. The first-order valence-electron chi connectivity index (χ1n) is 14.3. The molecule has 0 aromatic rings. The number of allylic oxidation sites excluding steroid dienone is 6. The largest absolute Gasteiger partial charge is 0.393 e. The molecule has 0 saturated heterocycles. The Balaban J connectivity index is 1.85. The Kier molecular flexibility index (Phi) is 14.3. The van der Waals surface area contributed by atoms with Crippen LogP contribution >= 0.6 is 0 Å². The molecule has 2 aliphatic carbocycles. The third-order valence-electron chi connectivity index (χ3n) is 8.35. The zero-order valence-electron chi connectivity index (χ0n) is 23.2. The number of rotatable bonds is 16. The van der Waals surface area contributed by atoms with Crippen molar-refractivity contribution < 1.29 is 20.1 Å². The minimum absolute atomic E-state index is 0.0204. The summed E-state index contributed by atoms with van der Waals surface area (Å²) in [5.74, 6) is 0.198. The predicted molar refractivity (Wildman–Crippen MR) is 150 cm³/mol. The summed E-state index contributed by atoms with van der Waals surface area (Å²) in [5.41, 5.74) is 1.29. The maximum atomic E-state index is 10.7. The van der Waals surface area contributed by atoms with Crippen LogP contribution in [0.2, 0.25) is 0 Å². The van der Waals surface area contributed by atoms with Gasteiger partial charge in [-0.15, -0.1) is 0 Å². The van der Waals surface area contributed by atoms with Gasteiger partial charge in [0.25, 0.3) is 0 Å². The van der Waals surface area contributed by atoms with Crippen LogP contribution in [0.25, 0.3) is 0 Å². The molecule has 2 aliphatic rings. The molecule has 0 bridgehead atoms. The summed E-state index contributed by atoms with van der Waals surface area (Å²) >= 11 is 0. The first-order chi connectivity index (χ1) is 17.4. The van der Waals surface area contributed by atoms with Crippen LogP contribution in [-0.2, 0) is 4.74 Å². The number of nitrogens with one attached hydrogen (secondary N) is 1. The molecule has 206 valence electrons. The number of hydrogen-bond donors (Lipinski definition) is 4. The molecule has 2 fully saturated rings. The van der Waals surface area contributed by atoms with Gasteiger partial charge in [0.05, 0.1) is 18.3 Å². The van der Waals surface area contributed by atoms with Crippen molar-refractivity contribution in [2.45, 2.75) is 116 Å². The fraction of sp³-hybridized carbons (Fsp3) is 0.742. The second-order valence-corrected chi connectivity index (χ2v) is 11.0. The molecule has 0 heterocycles. The highest BCUT2D eigenvalue weighted by Gasteiger charge is 2.41. The molecule has 0 aromatic carbocycles. The first kappa shape index (κ1) is 31.0. The van der Waals surface area contributed by atoms with Crippen molar-refractivity contribution in [1.82, 2.24) is 5.32 Å². The van der Waals surface area contributed by atoms with Crippen molar-refractivity contribution in [3.8, 4) is 0 Å². The zero-order valence-corrected chi connectivity index (χ0v) is 23.2. The summed E-state index contributed by atoms with van der Waals surface area (Å²) in [6, 6.07) is 0. The average molecular weight is 504 g/mol. The van der Waals surface area contributed by atoms with Gasteiger partial charge in [0.15, 0.2) is 0 Å². The number of ether oxygens (including phenoxy) is 1. The summed E-state index contributed by atoms with van der Waals surface area (Å²) < 4.78 is 5.69. The molecule has 2 saturated carbocycles. The van der Waals surface area contributed by atoms with Crippen LogP contribution in [-0.4, -0.2) is 53.5 Å². The molecule has 0 aromatic heterocycles. The van der Waals surface area contributed by atoms with E-state index in [1.165, 1.54) is 18.4 Å². The predicted octanol–water partition coefficient (Wildman–Crippen LogP) is 5.82. The van der Waals surface area contributed by atoms with E-state index in [2.05, 4.69) is 36.5 Å². The SMILES string of the molecule is C/C=C\C=C(/C)CC[C@H](O)/C=C/[C@@H]1[C@@H](C/C=C\CCCC2(C(O)NCC)CCCC2)[C@@H](O)C[C@H]1OC. The highest BCUT2D eigenvalue weighted by molar-refractivity contribution is 5.11. The van der Waals surface area contributed by atoms with Gasteiger partial charge in [0.2, 0.25) is 0 Å². The lowest BCUT2D eigenvalue weighted by Gasteiger charge is -2.34. The van der Waals surface area contributed by atoms with E-state index in [1.807, 2.05) is 32.1 Å². The van der Waals surface area contributed by atoms with Crippen molar-refractivity contribution in [1.29, 1.82) is 0 Å². The van der Waals surface area contributed by atoms with E-state index in [1.54, 1.807) is 7.11 Å². The standard InChI is InChI=1S/C31H53NO4/c1-5-7-14-24(3)16-17-25(33)18-19-27-26(28(34)23-29(27)36-4)15-10-8-9-11-20-31(21-12-13-22-31)30(35)32-6-2/h5,7-8,10,14,18-19,25-30,32-35H,6,9,11-13,15-17,20-23H2,1-4H3/b7-5-,10-8-,19-18+,24-14+/t25-,26+,27+,28-,29+,30?/m0/s1. The summed E-state index contributed by atoms with van der Waals surface area (Å²) in [4.78, 5) is 0. The van der Waals surface area contributed by atoms with Gasteiger partial charge < -0.3 is 20.1 Å². The van der Waals surface area contributed by atoms with E-state index in [-0.39, 0.29) is 23.4 Å². The number of unbranched alkanes of at least 4 members (excludes halogenated alkanes) is 1. The minimum atomic E-state index is -0.495. The van der Waals surface area contributed by atoms with Gasteiger partial charge in [-0.3, -0.25) is 5.32 Å². The molecule has 5 heteroatoms. The molecule has 0 aliphatic heterocycles. The molecule has 1 unspecified atom stereocenters. The van der Waals surface area contributed by atoms with Crippen LogP contribution in [0.4, 0.5) is 0 Å². The molecule has 0 amide bonds. The smallest absolute Gasteiger partial charge is 0.110 e. The zero-order chi connectivity index (χ0) is 26.4. The van der Waals surface area contributed by atoms with Gasteiger partial charge in [0.1, 0.15) is 6.23 Å². The van der Waals surface area contributed by atoms with Crippen LogP contribution in [0.15, 0.2) is 48.1 Å². The third-order valence-corrected chi connectivity index (χ3v) is 8.35. The Labute approximate surface area is 220 Å². The van der Waals surface area contributed by atoms with Crippen LogP contribution in [0, 0.1) is 17.3 Å². The molecule has 2 rings (SSSR count). The lowest BCUT2D eigenvalue weighted by atomic mass is 9.79. The van der Waals surface area contributed by atoms with Crippen molar-refractivity contribution in [3.05, 3.63) is 48.1 Å². The summed E-state index contributed by atoms with van der Waals surface area (Å²) in [7, 11) is 1.71. The fourth-order valence-electron chi connectivity index (χ4n) is 6.10. The Morgan fingerprint density at radius 3 is 2.61 bits per heavy atom. The van der Waals surface area contributed by atoms with Gasteiger partial charge in [-0.1, -0.05) is 67.9 Å². The average Bonchev–Trinajstić information content (AvgIpc) is 3.47. The van der Waals surface area contributed by atoms with Crippen molar-refractivity contribution in [2.24, 2.45) is 17.3 Å². The summed E-state index contributed by atoms with van der Waals surface area (Å²) in [5, 5.41) is 35.1. The Hall–Kier alpha value is -1.24. The van der Waals surface area contributed by atoms with Gasteiger partial charge in [-0.25, -0.2) is 0 Å². The van der Waals surface area contributed by atoms with Gasteiger partial charge in [0, 0.05) is 24.9 Å². The van der Waals surface area contributed by atoms with E-state index < -0.39 is 18.4 Å². The fourth-order valence-corrected chi connectivity index (χ4v) is 6.10. The number of aliphatic hydroxyl groups excluding tert-OH is 3. The van der Waals surface area contributed by atoms with Crippen LogP contribution in [0.1, 0.15) is 91.4 Å². The normalized spacial score (nSPS) is 28.7. The van der Waals surface area contributed by atoms with Crippen LogP contribution < -0.4 is 5.32 Å². The second kappa shape index (κ2) is 16.6. The Bertz CT molecular complexity index is 722. The maximum Gasteiger partial charge on any atom is 0.110 e. The second-order valence-electron chi connectivity index (χ2n) is 11.0. The van der Waals surface area contributed by atoms with Crippen molar-refractivity contribution >= 4 is 0 Å². The highest BCUT2D eigenvalue weighted by Crippen LogP contribution is 2.44. The molecule has 0 radical (unpaired) electrons. The molecule has 6 atom stereocenters. The number of aliphatic hydroxyl groups is 3. The van der Waals surface area contributed by atoms with Crippen molar-refractivity contribution in [2.75, 3.05) is 13.7 Å². The lowest BCUT2D eigenvalue weighted by molar-refractivity contribution is -0.00368. The molecule has 0 spiro atoms. The van der Waals surface area contributed by atoms with Gasteiger partial charge in [-0.05, 0) is 77.7 Å². The number of methoxy groups -OCH3 is 1. The third kappa shape index (κ3) is 9.57. The summed E-state index contributed by atoms with van der Waals surface area (Å²) in [6.45, 7) is 6.94. The highest BCUT2D eigenvalue weighted by atomic mass is 16.5. The van der Waals surface area contributed by atoms with Gasteiger partial charge >= 0.3 is 0 Å². The van der Waals surface area contributed by atoms with E-state index in [9.17, 15) is 15.3 Å². The quantitative estimate of drug-likeness (QED) is 0.0923.